The monoisotopic (exact) mass is 220 g/mol. The Bertz CT molecular complexity index is 523. The molecule has 0 aliphatic heterocycles. The molecule has 2 aromatic heterocycles. The van der Waals surface area contributed by atoms with Gasteiger partial charge in [0.25, 0.3) is 5.91 Å². The molecule has 0 fully saturated rings. The highest BCUT2D eigenvalue weighted by Crippen LogP contribution is 2.07. The maximum Gasteiger partial charge on any atom is 0.255 e. The van der Waals surface area contributed by atoms with Gasteiger partial charge in [0.2, 0.25) is 5.95 Å². The molecule has 0 unspecified atom stereocenters. The lowest BCUT2D eigenvalue weighted by atomic mass is 10.2. The molecule has 0 aliphatic rings. The molecule has 82 valence electrons. The van der Waals surface area contributed by atoms with Crippen molar-refractivity contribution in [1.82, 2.24) is 14.8 Å². The zero-order chi connectivity index (χ0) is 11.5. The number of carbonyl (C=O) groups is 1. The van der Waals surface area contributed by atoms with Gasteiger partial charge in [0.05, 0.1) is 11.9 Å². The number of halogens is 1. The summed E-state index contributed by atoms with van der Waals surface area (Å²) >= 11 is 0. The predicted octanol–water partition coefficient (Wildman–Crippen LogP) is 1.21. The number of pyridine rings is 1. The fourth-order valence-electron chi connectivity index (χ4n) is 1.23. The van der Waals surface area contributed by atoms with E-state index in [1.54, 1.807) is 17.9 Å². The fraction of sp³-hybridized carbons (Fsp3) is 0.100. The summed E-state index contributed by atoms with van der Waals surface area (Å²) < 4.78 is 14.3. The highest BCUT2D eigenvalue weighted by molar-refractivity contribution is 6.03. The summed E-state index contributed by atoms with van der Waals surface area (Å²) in [5, 5.41) is 6.49. The van der Waals surface area contributed by atoms with Crippen molar-refractivity contribution in [3.05, 3.63) is 42.2 Å². The quantitative estimate of drug-likeness (QED) is 0.774. The number of rotatable bonds is 2. The number of nitrogens with zero attached hydrogens (tertiary/aromatic N) is 3. The van der Waals surface area contributed by atoms with E-state index < -0.39 is 11.9 Å². The van der Waals surface area contributed by atoms with Crippen molar-refractivity contribution in [2.24, 2.45) is 7.05 Å². The molecule has 0 saturated heterocycles. The van der Waals surface area contributed by atoms with E-state index in [2.05, 4.69) is 15.4 Å². The van der Waals surface area contributed by atoms with Gasteiger partial charge in [-0.3, -0.25) is 9.48 Å². The average molecular weight is 220 g/mol. The second kappa shape index (κ2) is 4.09. The Kier molecular flexibility index (Phi) is 2.63. The molecule has 0 bridgehead atoms. The first-order valence-electron chi connectivity index (χ1n) is 4.57. The summed E-state index contributed by atoms with van der Waals surface area (Å²) in [5.41, 5.74) is 0.779. The lowest BCUT2D eigenvalue weighted by Gasteiger charge is -2.01. The van der Waals surface area contributed by atoms with Crippen molar-refractivity contribution in [2.75, 3.05) is 5.32 Å². The third-order valence-electron chi connectivity index (χ3n) is 1.95. The largest absolute Gasteiger partial charge is 0.319 e. The van der Waals surface area contributed by atoms with E-state index >= 15 is 0 Å². The summed E-state index contributed by atoms with van der Waals surface area (Å²) in [4.78, 5) is 15.0. The number of aromatic nitrogens is 3. The smallest absolute Gasteiger partial charge is 0.255 e. The second-order valence-electron chi connectivity index (χ2n) is 3.22. The van der Waals surface area contributed by atoms with Crippen LogP contribution in [0.1, 0.15) is 10.4 Å². The SMILES string of the molecule is Cn1cc(NC(=O)c2ccnc(F)c2)cn1. The van der Waals surface area contributed by atoms with Crippen molar-refractivity contribution in [3.63, 3.8) is 0 Å². The normalized spacial score (nSPS) is 10.1. The molecule has 0 spiro atoms. The number of anilines is 1. The lowest BCUT2D eigenvalue weighted by molar-refractivity contribution is 0.102. The van der Waals surface area contributed by atoms with Crippen LogP contribution in [-0.4, -0.2) is 20.7 Å². The van der Waals surface area contributed by atoms with Crippen LogP contribution in [0.25, 0.3) is 0 Å². The Balaban J connectivity index is 2.14. The van der Waals surface area contributed by atoms with Gasteiger partial charge in [-0.05, 0) is 6.07 Å². The second-order valence-corrected chi connectivity index (χ2v) is 3.22. The highest BCUT2D eigenvalue weighted by Gasteiger charge is 2.07. The molecule has 6 heteroatoms. The van der Waals surface area contributed by atoms with E-state index in [1.165, 1.54) is 18.5 Å². The third-order valence-corrected chi connectivity index (χ3v) is 1.95. The van der Waals surface area contributed by atoms with Crippen LogP contribution in [0.2, 0.25) is 0 Å². The summed E-state index contributed by atoms with van der Waals surface area (Å²) in [6.07, 6.45) is 4.40. The van der Waals surface area contributed by atoms with E-state index in [0.29, 0.717) is 5.69 Å². The molecule has 0 radical (unpaired) electrons. The van der Waals surface area contributed by atoms with Crippen LogP contribution in [-0.2, 0) is 7.05 Å². The van der Waals surface area contributed by atoms with Gasteiger partial charge < -0.3 is 5.32 Å². The van der Waals surface area contributed by atoms with Crippen molar-refractivity contribution >= 4 is 11.6 Å². The van der Waals surface area contributed by atoms with E-state index in [1.807, 2.05) is 0 Å². The molecule has 5 nitrogen and oxygen atoms in total. The van der Waals surface area contributed by atoms with Crippen LogP contribution in [0.3, 0.4) is 0 Å². The van der Waals surface area contributed by atoms with Gasteiger partial charge in [0, 0.05) is 31.1 Å². The van der Waals surface area contributed by atoms with Crippen LogP contribution < -0.4 is 5.32 Å². The standard InChI is InChI=1S/C10H9FN4O/c1-15-6-8(5-13-15)14-10(16)7-2-3-12-9(11)4-7/h2-6H,1H3,(H,14,16). The minimum Gasteiger partial charge on any atom is -0.319 e. The van der Waals surface area contributed by atoms with Gasteiger partial charge in [-0.1, -0.05) is 0 Å². The average Bonchev–Trinajstić information content (AvgIpc) is 2.64. The Hall–Kier alpha value is -2.24. The summed E-state index contributed by atoms with van der Waals surface area (Å²) in [6, 6.07) is 2.51. The van der Waals surface area contributed by atoms with Crippen LogP contribution in [0.4, 0.5) is 10.1 Å². The number of amides is 1. The van der Waals surface area contributed by atoms with Gasteiger partial charge in [-0.15, -0.1) is 0 Å². The fourth-order valence-corrected chi connectivity index (χ4v) is 1.23. The van der Waals surface area contributed by atoms with E-state index in [-0.39, 0.29) is 5.56 Å². The zero-order valence-corrected chi connectivity index (χ0v) is 8.51. The molecule has 2 rings (SSSR count). The Labute approximate surface area is 90.9 Å². The Morgan fingerprint density at radius 2 is 2.38 bits per heavy atom. The molecule has 0 atom stereocenters. The maximum absolute atomic E-state index is 12.8. The molecule has 1 amide bonds. The number of hydrogen-bond acceptors (Lipinski definition) is 3. The minimum absolute atomic E-state index is 0.219. The molecular weight excluding hydrogens is 211 g/mol. The summed E-state index contributed by atoms with van der Waals surface area (Å²) in [6.45, 7) is 0. The first-order valence-corrected chi connectivity index (χ1v) is 4.57. The van der Waals surface area contributed by atoms with Crippen LogP contribution >= 0.6 is 0 Å². The number of carbonyl (C=O) groups excluding carboxylic acids is 1. The van der Waals surface area contributed by atoms with Gasteiger partial charge in [0.1, 0.15) is 0 Å². The summed E-state index contributed by atoms with van der Waals surface area (Å²) in [7, 11) is 1.74. The first kappa shape index (κ1) is 10.3. The van der Waals surface area contributed by atoms with Crippen molar-refractivity contribution in [1.29, 1.82) is 0 Å². The number of aryl methyl sites for hydroxylation is 1. The third kappa shape index (κ3) is 2.22. The van der Waals surface area contributed by atoms with Gasteiger partial charge in [0.15, 0.2) is 0 Å². The van der Waals surface area contributed by atoms with Gasteiger partial charge in [-0.25, -0.2) is 4.98 Å². The van der Waals surface area contributed by atoms with Crippen molar-refractivity contribution < 1.29 is 9.18 Å². The van der Waals surface area contributed by atoms with Crippen LogP contribution in [0.5, 0.6) is 0 Å². The van der Waals surface area contributed by atoms with E-state index in [9.17, 15) is 9.18 Å². The molecule has 1 N–H and O–H groups in total. The van der Waals surface area contributed by atoms with Gasteiger partial charge in [-0.2, -0.15) is 9.49 Å². The molecule has 2 heterocycles. The predicted molar refractivity (Wildman–Crippen MR) is 55.4 cm³/mol. The van der Waals surface area contributed by atoms with Crippen LogP contribution in [0.15, 0.2) is 30.7 Å². The summed E-state index contributed by atoms with van der Waals surface area (Å²) in [5.74, 6) is -1.08. The molecule has 16 heavy (non-hydrogen) atoms. The first-order chi connectivity index (χ1) is 7.65. The number of hydrogen-bond donors (Lipinski definition) is 1. The van der Waals surface area contributed by atoms with Crippen molar-refractivity contribution in [2.45, 2.75) is 0 Å². The molecule has 0 saturated carbocycles. The van der Waals surface area contributed by atoms with E-state index in [4.69, 9.17) is 0 Å². The molecular formula is C10H9FN4O. The topological polar surface area (TPSA) is 59.8 Å². The molecule has 0 aliphatic carbocycles. The molecule has 2 aromatic rings. The number of nitrogens with one attached hydrogen (secondary N) is 1. The minimum atomic E-state index is -0.682. The maximum atomic E-state index is 12.8. The highest BCUT2D eigenvalue weighted by atomic mass is 19.1. The van der Waals surface area contributed by atoms with Crippen LogP contribution in [0, 0.1) is 5.95 Å². The van der Waals surface area contributed by atoms with E-state index in [0.717, 1.165) is 6.07 Å². The Morgan fingerprint density at radius 1 is 1.56 bits per heavy atom. The lowest BCUT2D eigenvalue weighted by Crippen LogP contribution is -2.11. The molecule has 0 aromatic carbocycles. The van der Waals surface area contributed by atoms with Crippen molar-refractivity contribution in [3.8, 4) is 0 Å². The zero-order valence-electron chi connectivity index (χ0n) is 8.51. The van der Waals surface area contributed by atoms with Gasteiger partial charge >= 0.3 is 0 Å². The Morgan fingerprint density at radius 3 is 3.00 bits per heavy atom.